The molecule has 2 rings (SSSR count). The van der Waals surface area contributed by atoms with Crippen LogP contribution in [0.1, 0.15) is 36.5 Å². The lowest BCUT2D eigenvalue weighted by Gasteiger charge is -2.23. The van der Waals surface area contributed by atoms with Crippen LogP contribution in [-0.2, 0) is 0 Å². The van der Waals surface area contributed by atoms with Gasteiger partial charge in [-0.25, -0.2) is 0 Å². The van der Waals surface area contributed by atoms with Gasteiger partial charge < -0.3 is 9.84 Å². The number of halogens is 1. The van der Waals surface area contributed by atoms with E-state index in [1.807, 2.05) is 42.5 Å². The second-order valence-electron chi connectivity index (χ2n) is 4.76. The smallest absolute Gasteiger partial charge is 0.120 e. The van der Waals surface area contributed by atoms with E-state index in [1.165, 1.54) is 0 Å². The van der Waals surface area contributed by atoms with Crippen molar-refractivity contribution in [2.75, 3.05) is 7.11 Å². The quantitative estimate of drug-likeness (QED) is 0.873. The van der Waals surface area contributed by atoms with Crippen LogP contribution in [0.3, 0.4) is 0 Å². The minimum atomic E-state index is -0.624. The summed E-state index contributed by atoms with van der Waals surface area (Å²) in [5, 5.41) is 11.2. The maximum atomic E-state index is 10.7. The van der Waals surface area contributed by atoms with Crippen LogP contribution in [0.5, 0.6) is 5.75 Å². The average Bonchev–Trinajstić information content (AvgIpc) is 2.48. The summed E-state index contributed by atoms with van der Waals surface area (Å²) in [6, 6.07) is 15.4. The van der Waals surface area contributed by atoms with Crippen LogP contribution >= 0.6 is 11.6 Å². The Hall–Kier alpha value is -1.51. The predicted octanol–water partition coefficient (Wildman–Crippen LogP) is 4.58. The van der Waals surface area contributed by atoms with E-state index in [0.717, 1.165) is 17.5 Å². The fourth-order valence-corrected chi connectivity index (χ4v) is 2.72. The van der Waals surface area contributed by atoms with Gasteiger partial charge in [-0.05, 0) is 29.7 Å². The van der Waals surface area contributed by atoms with Crippen molar-refractivity contribution < 1.29 is 9.84 Å². The number of aliphatic hydroxyl groups is 1. The third-order valence-corrected chi connectivity index (χ3v) is 3.90. The van der Waals surface area contributed by atoms with E-state index in [2.05, 4.69) is 6.92 Å². The largest absolute Gasteiger partial charge is 0.497 e. The summed E-state index contributed by atoms with van der Waals surface area (Å²) < 4.78 is 5.14. The topological polar surface area (TPSA) is 29.5 Å². The van der Waals surface area contributed by atoms with Crippen LogP contribution in [-0.4, -0.2) is 12.2 Å². The first-order valence-corrected chi connectivity index (χ1v) is 7.11. The van der Waals surface area contributed by atoms with E-state index in [4.69, 9.17) is 16.3 Å². The summed E-state index contributed by atoms with van der Waals surface area (Å²) in [7, 11) is 1.60. The first kappa shape index (κ1) is 14.9. The van der Waals surface area contributed by atoms with Gasteiger partial charge in [0.1, 0.15) is 5.75 Å². The van der Waals surface area contributed by atoms with Crippen molar-refractivity contribution in [2.24, 2.45) is 0 Å². The average molecular weight is 291 g/mol. The zero-order valence-electron chi connectivity index (χ0n) is 11.7. The zero-order valence-corrected chi connectivity index (χ0v) is 12.5. The molecule has 0 aliphatic carbocycles. The highest BCUT2D eigenvalue weighted by Crippen LogP contribution is 2.37. The number of ether oxygens (including phenoxy) is 1. The monoisotopic (exact) mass is 290 g/mol. The lowest BCUT2D eigenvalue weighted by molar-refractivity contribution is 0.142. The van der Waals surface area contributed by atoms with Crippen molar-refractivity contribution in [3.63, 3.8) is 0 Å². The Morgan fingerprint density at radius 3 is 2.40 bits per heavy atom. The summed E-state index contributed by atoms with van der Waals surface area (Å²) in [5.41, 5.74) is 1.86. The predicted molar refractivity (Wildman–Crippen MR) is 82.4 cm³/mol. The SMILES string of the molecule is CCC(c1ccccc1)C(O)c1ccc(OC)cc1Cl. The standard InChI is InChI=1S/C17H19ClO2/c1-3-14(12-7-5-4-6-8-12)17(19)15-10-9-13(20-2)11-16(15)18/h4-11,14,17,19H,3H2,1-2H3. The summed E-state index contributed by atoms with van der Waals surface area (Å²) in [6.07, 6.45) is 0.217. The van der Waals surface area contributed by atoms with Crippen molar-refractivity contribution in [1.29, 1.82) is 0 Å². The molecule has 0 bridgehead atoms. The van der Waals surface area contributed by atoms with Gasteiger partial charge in [-0.15, -0.1) is 0 Å². The molecule has 0 aliphatic rings. The number of methoxy groups -OCH3 is 1. The fourth-order valence-electron chi connectivity index (χ4n) is 2.43. The second kappa shape index (κ2) is 6.78. The van der Waals surface area contributed by atoms with Crippen LogP contribution in [0.4, 0.5) is 0 Å². The molecule has 3 heteroatoms. The summed E-state index contributed by atoms with van der Waals surface area (Å²) in [6.45, 7) is 2.07. The van der Waals surface area contributed by atoms with Gasteiger partial charge in [0.15, 0.2) is 0 Å². The van der Waals surface area contributed by atoms with E-state index < -0.39 is 6.10 Å². The molecule has 0 fully saturated rings. The van der Waals surface area contributed by atoms with Crippen LogP contribution in [0, 0.1) is 0 Å². The molecular formula is C17H19ClO2. The Labute approximate surface area is 125 Å². The maximum Gasteiger partial charge on any atom is 0.120 e. The molecular weight excluding hydrogens is 272 g/mol. The number of aliphatic hydroxyl groups excluding tert-OH is 1. The third kappa shape index (κ3) is 3.14. The normalized spacial score (nSPS) is 13.8. The summed E-state index contributed by atoms with van der Waals surface area (Å²) >= 11 is 6.25. The van der Waals surface area contributed by atoms with Crippen LogP contribution in [0.2, 0.25) is 5.02 Å². The van der Waals surface area contributed by atoms with Gasteiger partial charge in [0, 0.05) is 5.92 Å². The third-order valence-electron chi connectivity index (χ3n) is 3.57. The second-order valence-corrected chi connectivity index (χ2v) is 5.16. The van der Waals surface area contributed by atoms with Gasteiger partial charge in [0.2, 0.25) is 0 Å². The molecule has 0 aromatic heterocycles. The van der Waals surface area contributed by atoms with Crippen LogP contribution < -0.4 is 4.74 Å². The van der Waals surface area contributed by atoms with E-state index >= 15 is 0 Å². The highest BCUT2D eigenvalue weighted by atomic mass is 35.5. The molecule has 2 atom stereocenters. The van der Waals surface area contributed by atoms with Crippen molar-refractivity contribution in [3.8, 4) is 5.75 Å². The molecule has 0 heterocycles. The molecule has 2 aromatic rings. The summed E-state index contributed by atoms with van der Waals surface area (Å²) in [4.78, 5) is 0. The van der Waals surface area contributed by atoms with E-state index in [-0.39, 0.29) is 5.92 Å². The van der Waals surface area contributed by atoms with Crippen molar-refractivity contribution in [3.05, 3.63) is 64.7 Å². The van der Waals surface area contributed by atoms with E-state index in [0.29, 0.717) is 10.8 Å². The number of rotatable bonds is 5. The van der Waals surface area contributed by atoms with Crippen molar-refractivity contribution in [1.82, 2.24) is 0 Å². The molecule has 2 unspecified atom stereocenters. The van der Waals surface area contributed by atoms with Crippen LogP contribution in [0.25, 0.3) is 0 Å². The van der Waals surface area contributed by atoms with Crippen molar-refractivity contribution in [2.45, 2.75) is 25.4 Å². The molecule has 0 radical (unpaired) electrons. The minimum absolute atomic E-state index is 0.0297. The van der Waals surface area contributed by atoms with Gasteiger partial charge in [-0.1, -0.05) is 54.9 Å². The Kier molecular flexibility index (Phi) is 5.05. The zero-order chi connectivity index (χ0) is 14.5. The number of hydrogen-bond acceptors (Lipinski definition) is 2. The highest BCUT2D eigenvalue weighted by Gasteiger charge is 2.23. The number of benzene rings is 2. The van der Waals surface area contributed by atoms with Gasteiger partial charge >= 0.3 is 0 Å². The van der Waals surface area contributed by atoms with E-state index in [9.17, 15) is 5.11 Å². The van der Waals surface area contributed by atoms with Crippen molar-refractivity contribution >= 4 is 11.6 Å². The molecule has 0 amide bonds. The molecule has 0 aliphatic heterocycles. The minimum Gasteiger partial charge on any atom is -0.497 e. The molecule has 2 nitrogen and oxygen atoms in total. The highest BCUT2D eigenvalue weighted by molar-refractivity contribution is 6.31. The first-order valence-electron chi connectivity index (χ1n) is 6.73. The molecule has 0 spiro atoms. The Morgan fingerprint density at radius 2 is 1.85 bits per heavy atom. The Bertz CT molecular complexity index is 554. The maximum absolute atomic E-state index is 10.7. The molecule has 20 heavy (non-hydrogen) atoms. The molecule has 0 saturated carbocycles. The first-order chi connectivity index (χ1) is 9.67. The molecule has 0 saturated heterocycles. The lowest BCUT2D eigenvalue weighted by Crippen LogP contribution is -2.10. The van der Waals surface area contributed by atoms with Gasteiger partial charge in [-0.3, -0.25) is 0 Å². The van der Waals surface area contributed by atoms with Gasteiger partial charge in [-0.2, -0.15) is 0 Å². The Balaban J connectivity index is 2.31. The molecule has 2 aromatic carbocycles. The lowest BCUT2D eigenvalue weighted by atomic mass is 9.87. The number of hydrogen-bond donors (Lipinski definition) is 1. The Morgan fingerprint density at radius 1 is 1.15 bits per heavy atom. The van der Waals surface area contributed by atoms with E-state index in [1.54, 1.807) is 13.2 Å². The fraction of sp³-hybridized carbons (Fsp3) is 0.294. The van der Waals surface area contributed by atoms with Gasteiger partial charge in [0.05, 0.1) is 18.2 Å². The molecule has 106 valence electrons. The van der Waals surface area contributed by atoms with Crippen LogP contribution in [0.15, 0.2) is 48.5 Å². The molecule has 1 N–H and O–H groups in total. The summed E-state index contributed by atoms with van der Waals surface area (Å²) in [5.74, 6) is 0.723. The van der Waals surface area contributed by atoms with Gasteiger partial charge in [0.25, 0.3) is 0 Å².